The summed E-state index contributed by atoms with van der Waals surface area (Å²) in [5.74, 6) is 5.52. The molecule has 3 aromatic rings. The van der Waals surface area contributed by atoms with Crippen molar-refractivity contribution in [3.8, 4) is 11.1 Å². The second-order valence-electron chi connectivity index (χ2n) is 6.12. The van der Waals surface area contributed by atoms with Gasteiger partial charge in [0.05, 0.1) is 6.54 Å². The normalized spacial score (nSPS) is 11.4. The van der Waals surface area contributed by atoms with Crippen LogP contribution in [-0.4, -0.2) is 10.4 Å². The van der Waals surface area contributed by atoms with Gasteiger partial charge in [-0.15, -0.1) is 0 Å². The van der Waals surface area contributed by atoms with Crippen LogP contribution in [0.3, 0.4) is 0 Å². The standard InChI is InChI=1S/C20H20ClN5O/c21-18-8-3-15(4-9-18)12-26-13-17(7-10-20(26)27)16-5-1-14(2-6-16)11-19(22)24-25-23/h1-10,13,25H,11-12,23H2,(H2,22,24). The Balaban J connectivity index is 1.82. The van der Waals surface area contributed by atoms with Gasteiger partial charge in [0.2, 0.25) is 0 Å². The molecule has 0 aliphatic heterocycles. The fraction of sp³-hybridized carbons (Fsp3) is 0.100. The number of benzene rings is 2. The molecule has 0 amide bonds. The predicted octanol–water partition coefficient (Wildman–Crippen LogP) is 2.50. The van der Waals surface area contributed by atoms with E-state index >= 15 is 0 Å². The van der Waals surface area contributed by atoms with E-state index in [0.29, 0.717) is 23.8 Å². The van der Waals surface area contributed by atoms with Crippen molar-refractivity contribution in [2.24, 2.45) is 16.7 Å². The number of halogens is 1. The van der Waals surface area contributed by atoms with E-state index in [2.05, 4.69) is 10.6 Å². The molecule has 0 unspecified atom stereocenters. The Labute approximate surface area is 162 Å². The summed E-state index contributed by atoms with van der Waals surface area (Å²) < 4.78 is 1.68. The van der Waals surface area contributed by atoms with Crippen LogP contribution in [0.5, 0.6) is 0 Å². The highest BCUT2D eigenvalue weighted by atomic mass is 35.5. The summed E-state index contributed by atoms with van der Waals surface area (Å²) >= 11 is 5.92. The molecule has 0 bridgehead atoms. The summed E-state index contributed by atoms with van der Waals surface area (Å²) in [4.78, 5) is 12.2. The Morgan fingerprint density at radius 3 is 2.26 bits per heavy atom. The number of hydrogen-bond acceptors (Lipinski definition) is 4. The zero-order chi connectivity index (χ0) is 19.2. The third-order valence-electron chi connectivity index (χ3n) is 4.13. The number of nitrogens with one attached hydrogen (secondary N) is 1. The van der Waals surface area contributed by atoms with E-state index in [1.165, 1.54) is 0 Å². The maximum atomic E-state index is 12.2. The van der Waals surface area contributed by atoms with Crippen LogP contribution in [0.1, 0.15) is 11.1 Å². The average Bonchev–Trinajstić information content (AvgIpc) is 2.66. The second kappa shape index (κ2) is 8.53. The molecule has 6 nitrogen and oxygen atoms in total. The first-order chi connectivity index (χ1) is 13.0. The molecule has 7 heteroatoms. The number of nitrogens with two attached hydrogens (primary N) is 2. The van der Waals surface area contributed by atoms with E-state index in [0.717, 1.165) is 22.3 Å². The number of pyridine rings is 1. The van der Waals surface area contributed by atoms with Crippen LogP contribution in [0, 0.1) is 0 Å². The summed E-state index contributed by atoms with van der Waals surface area (Å²) in [5, 5.41) is 4.42. The summed E-state index contributed by atoms with van der Waals surface area (Å²) in [7, 11) is 0. The SMILES string of the molecule is NN/N=C(\N)Cc1ccc(-c2ccc(=O)n(Cc3ccc(Cl)cc3)c2)cc1. The lowest BCUT2D eigenvalue weighted by atomic mass is 10.0. The van der Waals surface area contributed by atoms with E-state index in [-0.39, 0.29) is 5.56 Å². The lowest BCUT2D eigenvalue weighted by molar-refractivity contribution is 0.761. The minimum absolute atomic E-state index is 0.0522. The van der Waals surface area contributed by atoms with Gasteiger partial charge in [-0.05, 0) is 40.5 Å². The average molecular weight is 382 g/mol. The third-order valence-corrected chi connectivity index (χ3v) is 4.38. The topological polar surface area (TPSA) is 98.4 Å². The Kier molecular flexibility index (Phi) is 5.90. The zero-order valence-electron chi connectivity index (χ0n) is 14.6. The molecule has 0 atom stereocenters. The molecular formula is C20H20ClN5O. The zero-order valence-corrected chi connectivity index (χ0v) is 15.4. The molecule has 0 fully saturated rings. The van der Waals surface area contributed by atoms with Gasteiger partial charge in [-0.1, -0.05) is 48.0 Å². The predicted molar refractivity (Wildman–Crippen MR) is 109 cm³/mol. The summed E-state index contributed by atoms with van der Waals surface area (Å²) in [6.45, 7) is 0.487. The lowest BCUT2D eigenvalue weighted by Crippen LogP contribution is -2.23. The summed E-state index contributed by atoms with van der Waals surface area (Å²) in [6.07, 6.45) is 2.36. The van der Waals surface area contributed by atoms with Crippen LogP contribution in [0.4, 0.5) is 0 Å². The minimum Gasteiger partial charge on any atom is -0.385 e. The van der Waals surface area contributed by atoms with E-state index in [9.17, 15) is 4.79 Å². The van der Waals surface area contributed by atoms with Gasteiger partial charge in [0, 0.05) is 23.7 Å². The molecule has 0 aliphatic carbocycles. The molecule has 2 aromatic carbocycles. The third kappa shape index (κ3) is 4.97. The van der Waals surface area contributed by atoms with Gasteiger partial charge in [0.15, 0.2) is 0 Å². The van der Waals surface area contributed by atoms with Crippen molar-refractivity contribution in [2.75, 3.05) is 0 Å². The van der Waals surface area contributed by atoms with Crippen LogP contribution >= 0.6 is 11.6 Å². The quantitative estimate of drug-likeness (QED) is 0.264. The molecule has 1 aromatic heterocycles. The first-order valence-corrected chi connectivity index (χ1v) is 8.75. The van der Waals surface area contributed by atoms with Crippen molar-refractivity contribution in [1.82, 2.24) is 10.1 Å². The molecule has 138 valence electrons. The maximum absolute atomic E-state index is 12.2. The van der Waals surface area contributed by atoms with E-state index in [1.807, 2.05) is 60.8 Å². The van der Waals surface area contributed by atoms with Gasteiger partial charge < -0.3 is 10.3 Å². The molecule has 3 rings (SSSR count). The monoisotopic (exact) mass is 381 g/mol. The molecule has 0 radical (unpaired) electrons. The molecule has 0 spiro atoms. The van der Waals surface area contributed by atoms with Crippen LogP contribution < -0.4 is 22.7 Å². The fourth-order valence-electron chi connectivity index (χ4n) is 2.76. The van der Waals surface area contributed by atoms with Gasteiger partial charge in [0.1, 0.15) is 5.84 Å². The van der Waals surface area contributed by atoms with Gasteiger partial charge in [-0.25, -0.2) is 11.4 Å². The highest BCUT2D eigenvalue weighted by molar-refractivity contribution is 6.30. The number of hydrazine groups is 1. The minimum atomic E-state index is -0.0522. The summed E-state index contributed by atoms with van der Waals surface area (Å²) in [6, 6.07) is 18.8. The van der Waals surface area contributed by atoms with Crippen LogP contribution in [0.15, 0.2) is 76.8 Å². The summed E-state index contributed by atoms with van der Waals surface area (Å²) in [5.41, 5.74) is 11.9. The molecule has 27 heavy (non-hydrogen) atoms. The molecule has 0 aliphatic rings. The van der Waals surface area contributed by atoms with Gasteiger partial charge in [-0.3, -0.25) is 4.79 Å². The number of amidine groups is 1. The van der Waals surface area contributed by atoms with Crippen molar-refractivity contribution < 1.29 is 0 Å². The molecule has 5 N–H and O–H groups in total. The maximum Gasteiger partial charge on any atom is 0.250 e. The number of aromatic nitrogens is 1. The van der Waals surface area contributed by atoms with E-state index in [4.69, 9.17) is 23.2 Å². The molecule has 0 saturated heterocycles. The van der Waals surface area contributed by atoms with Gasteiger partial charge >= 0.3 is 0 Å². The highest BCUT2D eigenvalue weighted by Gasteiger charge is 2.04. The van der Waals surface area contributed by atoms with Crippen molar-refractivity contribution >= 4 is 17.4 Å². The number of hydrazone groups is 1. The second-order valence-corrected chi connectivity index (χ2v) is 6.55. The number of hydrogen-bond donors (Lipinski definition) is 3. The Hall–Kier alpha value is -3.09. The fourth-order valence-corrected chi connectivity index (χ4v) is 2.88. The van der Waals surface area contributed by atoms with Crippen molar-refractivity contribution in [3.63, 3.8) is 0 Å². The van der Waals surface area contributed by atoms with Crippen molar-refractivity contribution in [3.05, 3.63) is 93.4 Å². The Morgan fingerprint density at radius 2 is 1.59 bits per heavy atom. The molecule has 0 saturated carbocycles. The highest BCUT2D eigenvalue weighted by Crippen LogP contribution is 2.19. The largest absolute Gasteiger partial charge is 0.385 e. The van der Waals surface area contributed by atoms with Gasteiger partial charge in [0.25, 0.3) is 5.56 Å². The number of rotatable bonds is 6. The Morgan fingerprint density at radius 1 is 0.963 bits per heavy atom. The lowest BCUT2D eigenvalue weighted by Gasteiger charge is -2.10. The Bertz CT molecular complexity index is 994. The first kappa shape index (κ1) is 18.7. The van der Waals surface area contributed by atoms with Crippen LogP contribution in [-0.2, 0) is 13.0 Å². The first-order valence-electron chi connectivity index (χ1n) is 8.37. The van der Waals surface area contributed by atoms with E-state index in [1.54, 1.807) is 10.6 Å². The molecular weight excluding hydrogens is 362 g/mol. The van der Waals surface area contributed by atoms with E-state index < -0.39 is 0 Å². The van der Waals surface area contributed by atoms with Gasteiger partial charge in [-0.2, -0.15) is 5.10 Å². The smallest absolute Gasteiger partial charge is 0.250 e. The van der Waals surface area contributed by atoms with Crippen LogP contribution in [0.2, 0.25) is 5.02 Å². The van der Waals surface area contributed by atoms with Crippen LogP contribution in [0.25, 0.3) is 11.1 Å². The van der Waals surface area contributed by atoms with Crippen molar-refractivity contribution in [2.45, 2.75) is 13.0 Å². The number of nitrogens with zero attached hydrogens (tertiary/aromatic N) is 2. The molecule has 1 heterocycles. The van der Waals surface area contributed by atoms with Crippen molar-refractivity contribution in [1.29, 1.82) is 0 Å².